The summed E-state index contributed by atoms with van der Waals surface area (Å²) in [6.07, 6.45) is -1.53. The SMILES string of the molecule is CN(C)CCN(C)c1ccc(NC(=O)Nc2ccc(-[n+]3c[nH]c4c(N)ncnc43)cc2)cc1C(F)(F)F. The van der Waals surface area contributed by atoms with E-state index in [1.165, 1.54) is 18.5 Å². The molecule has 2 aromatic carbocycles. The summed E-state index contributed by atoms with van der Waals surface area (Å²) in [5.41, 5.74) is 7.48. The van der Waals surface area contributed by atoms with Crippen LogP contribution in [0.25, 0.3) is 16.9 Å². The number of nitrogen functional groups attached to an aromatic ring is 1. The maximum atomic E-state index is 13.8. The molecular formula is C24H27F3N9O+. The van der Waals surface area contributed by atoms with Crippen molar-refractivity contribution in [3.8, 4) is 5.69 Å². The fourth-order valence-electron chi connectivity index (χ4n) is 3.74. The zero-order valence-electron chi connectivity index (χ0n) is 20.5. The first-order valence-corrected chi connectivity index (χ1v) is 11.3. The molecule has 10 nitrogen and oxygen atoms in total. The lowest BCUT2D eigenvalue weighted by Crippen LogP contribution is -2.30. The van der Waals surface area contributed by atoms with Gasteiger partial charge in [0.25, 0.3) is 0 Å². The Kier molecular flexibility index (Phi) is 7.16. The first kappa shape index (κ1) is 25.7. The number of halogens is 3. The number of amides is 2. The molecule has 0 radical (unpaired) electrons. The van der Waals surface area contributed by atoms with Gasteiger partial charge in [0.2, 0.25) is 5.52 Å². The Balaban J connectivity index is 1.46. The maximum absolute atomic E-state index is 13.8. The number of rotatable bonds is 7. The Morgan fingerprint density at radius 3 is 2.38 bits per heavy atom. The van der Waals surface area contributed by atoms with Crippen molar-refractivity contribution in [3.63, 3.8) is 0 Å². The van der Waals surface area contributed by atoms with Gasteiger partial charge >= 0.3 is 17.9 Å². The highest BCUT2D eigenvalue weighted by molar-refractivity contribution is 6.00. The lowest BCUT2D eigenvalue weighted by molar-refractivity contribution is -0.569. The summed E-state index contributed by atoms with van der Waals surface area (Å²) < 4.78 is 43.1. The van der Waals surface area contributed by atoms with Crippen LogP contribution in [0, 0.1) is 0 Å². The van der Waals surface area contributed by atoms with Gasteiger partial charge in [-0.1, -0.05) is 4.98 Å². The summed E-state index contributed by atoms with van der Waals surface area (Å²) in [7, 11) is 5.31. The summed E-state index contributed by atoms with van der Waals surface area (Å²) in [4.78, 5) is 27.1. The number of alkyl halides is 3. The zero-order valence-corrected chi connectivity index (χ0v) is 20.5. The Hall–Kier alpha value is -4.39. The summed E-state index contributed by atoms with van der Waals surface area (Å²) in [5.74, 6) is 0.320. The lowest BCUT2D eigenvalue weighted by Gasteiger charge is -2.25. The molecule has 37 heavy (non-hydrogen) atoms. The average Bonchev–Trinajstić information content (AvgIpc) is 3.28. The molecule has 0 unspecified atom stereocenters. The molecule has 2 amide bonds. The van der Waals surface area contributed by atoms with Gasteiger partial charge in [-0.05, 0) is 56.6 Å². The molecule has 0 aliphatic heterocycles. The van der Waals surface area contributed by atoms with Crippen LogP contribution in [0.15, 0.2) is 55.1 Å². The topological polar surface area (TPSA) is 119 Å². The summed E-state index contributed by atoms with van der Waals surface area (Å²) in [6.45, 7) is 1.01. The standard InChI is InChI=1S/C24H26F3N9O/c1-34(2)10-11-35(3)19-9-6-16(12-18(19)24(25,26)27)33-23(37)32-15-4-7-17(8-5-15)36-14-31-20-21(28)29-13-30-22(20)36/h4-9,12-14H,10-11H2,1-3H3,(H4,28,29,30,32,33,37)/p+1. The van der Waals surface area contributed by atoms with Crippen LogP contribution in [0.5, 0.6) is 0 Å². The third-order valence-electron chi connectivity index (χ3n) is 5.68. The molecule has 2 aromatic heterocycles. The molecule has 13 heteroatoms. The minimum absolute atomic E-state index is 0.0258. The summed E-state index contributed by atoms with van der Waals surface area (Å²) in [5, 5.41) is 5.10. The van der Waals surface area contributed by atoms with Gasteiger partial charge in [0.1, 0.15) is 5.69 Å². The molecular weight excluding hydrogens is 487 g/mol. The number of urea groups is 1. The Morgan fingerprint density at radius 1 is 1.03 bits per heavy atom. The van der Waals surface area contributed by atoms with Crippen molar-refractivity contribution in [3.05, 3.63) is 60.7 Å². The second-order valence-corrected chi connectivity index (χ2v) is 8.68. The normalized spacial score (nSPS) is 11.6. The van der Waals surface area contributed by atoms with E-state index in [2.05, 4.69) is 25.6 Å². The minimum Gasteiger partial charge on any atom is -0.380 e. The van der Waals surface area contributed by atoms with Gasteiger partial charge < -0.3 is 26.2 Å². The molecule has 2 heterocycles. The van der Waals surface area contributed by atoms with Gasteiger partial charge in [-0.25, -0.2) is 4.79 Å². The van der Waals surface area contributed by atoms with Crippen molar-refractivity contribution in [1.29, 1.82) is 0 Å². The monoisotopic (exact) mass is 514 g/mol. The van der Waals surface area contributed by atoms with E-state index >= 15 is 0 Å². The van der Waals surface area contributed by atoms with Crippen molar-refractivity contribution < 1.29 is 22.5 Å². The lowest BCUT2D eigenvalue weighted by atomic mass is 10.1. The molecule has 5 N–H and O–H groups in total. The van der Waals surface area contributed by atoms with Crippen molar-refractivity contribution >= 4 is 40.1 Å². The molecule has 0 spiro atoms. The smallest absolute Gasteiger partial charge is 0.380 e. The largest absolute Gasteiger partial charge is 0.418 e. The third-order valence-corrected chi connectivity index (χ3v) is 5.68. The van der Waals surface area contributed by atoms with E-state index in [9.17, 15) is 18.0 Å². The number of hydrogen-bond acceptors (Lipinski definition) is 6. The van der Waals surface area contributed by atoms with Crippen LogP contribution in [0.4, 0.5) is 40.8 Å². The molecule has 0 saturated carbocycles. The molecule has 0 atom stereocenters. The van der Waals surface area contributed by atoms with Gasteiger partial charge in [-0.3, -0.25) is 4.98 Å². The van der Waals surface area contributed by atoms with Gasteiger partial charge in [0.05, 0.1) is 5.56 Å². The van der Waals surface area contributed by atoms with Crippen LogP contribution in [-0.4, -0.2) is 60.1 Å². The number of H-pyrrole nitrogens is 1. The number of nitrogens with two attached hydrogens (primary N) is 1. The fourth-order valence-corrected chi connectivity index (χ4v) is 3.74. The van der Waals surface area contributed by atoms with E-state index in [-0.39, 0.29) is 11.4 Å². The van der Waals surface area contributed by atoms with Crippen molar-refractivity contribution in [2.45, 2.75) is 6.18 Å². The number of hydrogen-bond donors (Lipinski definition) is 4. The molecule has 0 bridgehead atoms. The van der Waals surface area contributed by atoms with E-state index in [1.807, 2.05) is 19.0 Å². The number of aromatic amines is 1. The average molecular weight is 515 g/mol. The number of carbonyl (C=O) groups is 1. The predicted molar refractivity (Wildman–Crippen MR) is 136 cm³/mol. The Bertz CT molecular complexity index is 1400. The van der Waals surface area contributed by atoms with E-state index < -0.39 is 17.8 Å². The number of imidazole rings is 1. The number of fused-ring (bicyclic) bond motifs is 1. The first-order valence-electron chi connectivity index (χ1n) is 11.3. The predicted octanol–water partition coefficient (Wildman–Crippen LogP) is 3.48. The second-order valence-electron chi connectivity index (χ2n) is 8.68. The van der Waals surface area contributed by atoms with Crippen LogP contribution >= 0.6 is 0 Å². The highest BCUT2D eigenvalue weighted by atomic mass is 19.4. The van der Waals surface area contributed by atoms with Gasteiger partial charge in [0.15, 0.2) is 18.5 Å². The van der Waals surface area contributed by atoms with Crippen molar-refractivity contribution in [1.82, 2.24) is 19.9 Å². The number of nitrogens with zero attached hydrogens (tertiary/aromatic N) is 5. The molecule has 0 fully saturated rings. The summed E-state index contributed by atoms with van der Waals surface area (Å²) >= 11 is 0. The van der Waals surface area contributed by atoms with Crippen molar-refractivity contribution in [2.24, 2.45) is 0 Å². The number of nitrogens with one attached hydrogen (secondary N) is 3. The highest BCUT2D eigenvalue weighted by Crippen LogP contribution is 2.38. The molecule has 0 aliphatic rings. The first-order chi connectivity index (χ1) is 17.5. The van der Waals surface area contributed by atoms with E-state index in [0.717, 1.165) is 11.8 Å². The molecule has 194 valence electrons. The van der Waals surface area contributed by atoms with Gasteiger partial charge in [-0.15, -0.1) is 0 Å². The van der Waals surface area contributed by atoms with Crippen LogP contribution in [0.1, 0.15) is 5.56 Å². The summed E-state index contributed by atoms with van der Waals surface area (Å²) in [6, 6.07) is 9.89. The Labute approximate surface area is 210 Å². The number of benzene rings is 2. The minimum atomic E-state index is -4.58. The van der Waals surface area contributed by atoms with Crippen LogP contribution in [0.2, 0.25) is 0 Å². The van der Waals surface area contributed by atoms with Crippen molar-refractivity contribution in [2.75, 3.05) is 55.5 Å². The van der Waals surface area contributed by atoms with Crippen LogP contribution in [-0.2, 0) is 6.18 Å². The van der Waals surface area contributed by atoms with Gasteiger partial charge in [0, 0.05) is 37.2 Å². The quantitative estimate of drug-likeness (QED) is 0.281. The third kappa shape index (κ3) is 5.89. The van der Waals surface area contributed by atoms with Gasteiger partial charge in [-0.2, -0.15) is 22.7 Å². The number of anilines is 4. The maximum Gasteiger partial charge on any atom is 0.418 e. The molecule has 0 saturated heterocycles. The number of likely N-dealkylation sites (N-methyl/N-ethyl adjacent to an activating group) is 2. The molecule has 0 aliphatic carbocycles. The number of carbonyl (C=O) groups excluding carboxylic acids is 1. The highest BCUT2D eigenvalue weighted by Gasteiger charge is 2.35. The second kappa shape index (κ2) is 10.3. The molecule has 4 aromatic rings. The fraction of sp³-hybridized carbons (Fsp3) is 0.250. The van der Waals surface area contributed by atoms with Crippen LogP contribution in [0.3, 0.4) is 0 Å². The van der Waals surface area contributed by atoms with Crippen LogP contribution < -0.4 is 25.8 Å². The van der Waals surface area contributed by atoms with E-state index in [1.54, 1.807) is 47.1 Å². The zero-order chi connectivity index (χ0) is 26.7. The number of aromatic nitrogens is 4. The van der Waals surface area contributed by atoms with E-state index in [4.69, 9.17) is 5.73 Å². The van der Waals surface area contributed by atoms with E-state index in [0.29, 0.717) is 35.8 Å². The Morgan fingerprint density at radius 2 is 1.70 bits per heavy atom. The molecule has 4 rings (SSSR count).